The molecule has 2 aliphatic rings. The Labute approximate surface area is 127 Å². The number of hydrogen-bond acceptors (Lipinski definition) is 2. The molecule has 1 N–H and O–H groups in total. The summed E-state index contributed by atoms with van der Waals surface area (Å²) in [7, 11) is 0. The first-order chi connectivity index (χ1) is 10.3. The Morgan fingerprint density at radius 2 is 1.95 bits per heavy atom. The topological polar surface area (TPSA) is 38.3 Å². The molecule has 1 aliphatic heterocycles. The molecule has 1 unspecified atom stereocenters. The zero-order chi connectivity index (χ0) is 14.5. The zero-order valence-corrected chi connectivity index (χ0v) is 12.6. The molecule has 0 saturated heterocycles. The van der Waals surface area contributed by atoms with Gasteiger partial charge in [0.05, 0.1) is 6.61 Å². The smallest absolute Gasteiger partial charge is 0.220 e. The van der Waals surface area contributed by atoms with Crippen molar-refractivity contribution in [3.8, 4) is 5.75 Å². The number of rotatable bonds is 4. The molecule has 1 heterocycles. The Morgan fingerprint density at radius 3 is 2.81 bits per heavy atom. The third-order valence-corrected chi connectivity index (χ3v) is 4.74. The molecule has 1 fully saturated rings. The van der Waals surface area contributed by atoms with Gasteiger partial charge >= 0.3 is 0 Å². The van der Waals surface area contributed by atoms with E-state index in [-0.39, 0.29) is 5.91 Å². The summed E-state index contributed by atoms with van der Waals surface area (Å²) in [5.41, 5.74) is 1.26. The average Bonchev–Trinajstić information content (AvgIpc) is 2.54. The van der Waals surface area contributed by atoms with Gasteiger partial charge in [-0.1, -0.05) is 37.5 Å². The summed E-state index contributed by atoms with van der Waals surface area (Å²) in [6.45, 7) is 1.45. The highest BCUT2D eigenvalue weighted by atomic mass is 16.5. The van der Waals surface area contributed by atoms with Crippen molar-refractivity contribution in [3.63, 3.8) is 0 Å². The molecule has 1 aromatic rings. The van der Waals surface area contributed by atoms with Crippen molar-refractivity contribution < 1.29 is 9.53 Å². The van der Waals surface area contributed by atoms with E-state index in [1.807, 2.05) is 18.2 Å². The van der Waals surface area contributed by atoms with Gasteiger partial charge in [0.2, 0.25) is 5.91 Å². The van der Waals surface area contributed by atoms with Crippen molar-refractivity contribution in [3.05, 3.63) is 29.8 Å². The largest absolute Gasteiger partial charge is 0.493 e. The van der Waals surface area contributed by atoms with Crippen molar-refractivity contribution in [2.45, 2.75) is 44.9 Å². The van der Waals surface area contributed by atoms with Crippen molar-refractivity contribution >= 4 is 5.91 Å². The van der Waals surface area contributed by atoms with E-state index in [2.05, 4.69) is 11.4 Å². The van der Waals surface area contributed by atoms with Crippen LogP contribution in [0.15, 0.2) is 24.3 Å². The van der Waals surface area contributed by atoms with Gasteiger partial charge in [-0.25, -0.2) is 0 Å². The van der Waals surface area contributed by atoms with Gasteiger partial charge in [0, 0.05) is 18.9 Å². The molecule has 1 saturated carbocycles. The third-order valence-electron chi connectivity index (χ3n) is 4.74. The Morgan fingerprint density at radius 1 is 1.14 bits per heavy atom. The summed E-state index contributed by atoms with van der Waals surface area (Å²) in [5, 5.41) is 3.11. The van der Waals surface area contributed by atoms with Crippen LogP contribution in [0.2, 0.25) is 0 Å². The molecule has 1 aromatic carbocycles. The minimum absolute atomic E-state index is 0.223. The molecule has 1 aliphatic carbocycles. The number of ether oxygens (including phenoxy) is 1. The summed E-state index contributed by atoms with van der Waals surface area (Å²) in [6.07, 6.45) is 8.11. The number of hydrogen-bond donors (Lipinski definition) is 1. The van der Waals surface area contributed by atoms with Crippen LogP contribution in [0.3, 0.4) is 0 Å². The minimum Gasteiger partial charge on any atom is -0.493 e. The molecule has 1 amide bonds. The van der Waals surface area contributed by atoms with Crippen LogP contribution >= 0.6 is 0 Å². The quantitative estimate of drug-likeness (QED) is 0.922. The van der Waals surface area contributed by atoms with E-state index in [0.29, 0.717) is 24.9 Å². The average molecular weight is 287 g/mol. The van der Waals surface area contributed by atoms with Gasteiger partial charge in [-0.3, -0.25) is 4.79 Å². The number of carbonyl (C=O) groups excluding carboxylic acids is 1. The van der Waals surface area contributed by atoms with Crippen LogP contribution in [0.4, 0.5) is 0 Å². The summed E-state index contributed by atoms with van der Waals surface area (Å²) < 4.78 is 5.77. The summed E-state index contributed by atoms with van der Waals surface area (Å²) >= 11 is 0. The van der Waals surface area contributed by atoms with Crippen molar-refractivity contribution in [2.75, 3.05) is 13.2 Å². The van der Waals surface area contributed by atoms with Gasteiger partial charge in [0.1, 0.15) is 5.75 Å². The fourth-order valence-electron chi connectivity index (χ4n) is 3.51. The Kier molecular flexibility index (Phi) is 4.79. The summed E-state index contributed by atoms with van der Waals surface area (Å²) in [4.78, 5) is 12.0. The normalized spacial score (nSPS) is 22.2. The van der Waals surface area contributed by atoms with Gasteiger partial charge < -0.3 is 10.1 Å². The van der Waals surface area contributed by atoms with E-state index in [1.165, 1.54) is 37.7 Å². The molecular weight excluding hydrogens is 262 g/mol. The Bertz CT molecular complexity index is 480. The van der Waals surface area contributed by atoms with Crippen LogP contribution in [0.25, 0.3) is 0 Å². The molecule has 0 bridgehead atoms. The lowest BCUT2D eigenvalue weighted by Gasteiger charge is -2.26. The maximum absolute atomic E-state index is 12.0. The fourth-order valence-corrected chi connectivity index (χ4v) is 3.51. The summed E-state index contributed by atoms with van der Waals surface area (Å²) in [6, 6.07) is 8.19. The van der Waals surface area contributed by atoms with E-state index in [1.54, 1.807) is 0 Å². The number of amides is 1. The molecule has 3 nitrogen and oxygen atoms in total. The van der Waals surface area contributed by atoms with Gasteiger partial charge in [-0.15, -0.1) is 0 Å². The molecule has 3 heteroatoms. The monoisotopic (exact) mass is 287 g/mol. The molecule has 3 rings (SSSR count). The van der Waals surface area contributed by atoms with E-state index < -0.39 is 0 Å². The van der Waals surface area contributed by atoms with Crippen molar-refractivity contribution in [2.24, 2.45) is 11.8 Å². The van der Waals surface area contributed by atoms with Crippen LogP contribution in [-0.4, -0.2) is 19.1 Å². The van der Waals surface area contributed by atoms with Gasteiger partial charge in [-0.05, 0) is 36.8 Å². The van der Waals surface area contributed by atoms with Gasteiger partial charge in [-0.2, -0.15) is 0 Å². The molecule has 1 atom stereocenters. The molecule has 0 radical (unpaired) electrons. The van der Waals surface area contributed by atoms with Crippen LogP contribution in [0.1, 0.15) is 44.1 Å². The first-order valence-electron chi connectivity index (χ1n) is 8.28. The summed E-state index contributed by atoms with van der Waals surface area (Å²) in [5.74, 6) is 2.24. The zero-order valence-electron chi connectivity index (χ0n) is 12.6. The predicted molar refractivity (Wildman–Crippen MR) is 83.3 cm³/mol. The minimum atomic E-state index is 0.223. The SMILES string of the molecule is O=C(CC1CCCCC1)NCC1COc2ccccc2C1. The Hall–Kier alpha value is -1.51. The third kappa shape index (κ3) is 3.99. The molecule has 114 valence electrons. The second kappa shape index (κ2) is 6.97. The number of fused-ring (bicyclic) bond motifs is 1. The van der Waals surface area contributed by atoms with Crippen molar-refractivity contribution in [1.82, 2.24) is 5.32 Å². The number of nitrogens with one attached hydrogen (secondary N) is 1. The van der Waals surface area contributed by atoms with E-state index in [0.717, 1.165) is 18.7 Å². The van der Waals surface area contributed by atoms with Gasteiger partial charge in [0.15, 0.2) is 0 Å². The second-order valence-electron chi connectivity index (χ2n) is 6.50. The maximum atomic E-state index is 12.0. The predicted octanol–water partition coefficient (Wildman–Crippen LogP) is 3.32. The van der Waals surface area contributed by atoms with E-state index >= 15 is 0 Å². The maximum Gasteiger partial charge on any atom is 0.220 e. The molecule has 0 spiro atoms. The fraction of sp³-hybridized carbons (Fsp3) is 0.611. The van der Waals surface area contributed by atoms with Crippen molar-refractivity contribution in [1.29, 1.82) is 0 Å². The number of para-hydroxylation sites is 1. The number of carbonyl (C=O) groups is 1. The lowest BCUT2D eigenvalue weighted by Crippen LogP contribution is -2.35. The van der Waals surface area contributed by atoms with Gasteiger partial charge in [0.25, 0.3) is 0 Å². The Balaban J connectivity index is 1.42. The van der Waals surface area contributed by atoms with Crippen LogP contribution in [0, 0.1) is 11.8 Å². The number of benzene rings is 1. The highest BCUT2D eigenvalue weighted by molar-refractivity contribution is 5.76. The first kappa shape index (κ1) is 14.4. The highest BCUT2D eigenvalue weighted by Crippen LogP contribution is 2.27. The standard InChI is InChI=1S/C18H25NO2/c20-18(11-14-6-2-1-3-7-14)19-12-15-10-16-8-4-5-9-17(16)21-13-15/h4-5,8-9,14-15H,1-3,6-7,10-13H2,(H,19,20). The first-order valence-corrected chi connectivity index (χ1v) is 8.28. The second-order valence-corrected chi connectivity index (χ2v) is 6.50. The van der Waals surface area contributed by atoms with Crippen LogP contribution in [-0.2, 0) is 11.2 Å². The lowest BCUT2D eigenvalue weighted by atomic mass is 9.87. The van der Waals surface area contributed by atoms with E-state index in [9.17, 15) is 4.79 Å². The molecule has 0 aromatic heterocycles. The van der Waals surface area contributed by atoms with Crippen LogP contribution < -0.4 is 10.1 Å². The lowest BCUT2D eigenvalue weighted by molar-refractivity contribution is -0.122. The van der Waals surface area contributed by atoms with E-state index in [4.69, 9.17) is 4.74 Å². The van der Waals surface area contributed by atoms with Crippen LogP contribution in [0.5, 0.6) is 5.75 Å². The highest BCUT2D eigenvalue weighted by Gasteiger charge is 2.21. The molecular formula is C18H25NO2. The molecule has 21 heavy (non-hydrogen) atoms.